The molecule has 0 aliphatic heterocycles. The SMILES string of the molecule is CC(C#N)S(=O)(=O)Nc1nc2c(s1)CCC2. The molecule has 0 saturated heterocycles. The van der Waals surface area contributed by atoms with Gasteiger partial charge in [0.05, 0.1) is 11.8 Å². The lowest BCUT2D eigenvalue weighted by atomic mass is 10.4. The minimum Gasteiger partial charge on any atom is -0.258 e. The first kappa shape index (κ1) is 11.4. The van der Waals surface area contributed by atoms with E-state index in [4.69, 9.17) is 5.26 Å². The number of thiazole rings is 1. The van der Waals surface area contributed by atoms with Gasteiger partial charge in [0.2, 0.25) is 0 Å². The molecular weight excluding hydrogens is 246 g/mol. The molecule has 0 aromatic carbocycles. The van der Waals surface area contributed by atoms with E-state index in [0.717, 1.165) is 29.8 Å². The summed E-state index contributed by atoms with van der Waals surface area (Å²) in [5.74, 6) is 0. The summed E-state index contributed by atoms with van der Waals surface area (Å²) in [6, 6.07) is 1.70. The molecule has 0 fully saturated rings. The minimum atomic E-state index is -3.61. The largest absolute Gasteiger partial charge is 0.258 e. The van der Waals surface area contributed by atoms with E-state index < -0.39 is 15.3 Å². The highest BCUT2D eigenvalue weighted by molar-refractivity contribution is 7.93. The fourth-order valence-electron chi connectivity index (χ4n) is 1.51. The summed E-state index contributed by atoms with van der Waals surface area (Å²) in [5, 5.41) is 7.90. The number of anilines is 1. The lowest BCUT2D eigenvalue weighted by molar-refractivity contribution is 0.597. The Labute approximate surface area is 98.2 Å². The van der Waals surface area contributed by atoms with Crippen molar-refractivity contribution in [2.24, 2.45) is 0 Å². The van der Waals surface area contributed by atoms with Crippen LogP contribution in [-0.4, -0.2) is 18.7 Å². The molecule has 2 rings (SSSR count). The zero-order valence-electron chi connectivity index (χ0n) is 8.73. The van der Waals surface area contributed by atoms with Crippen LogP contribution in [0.5, 0.6) is 0 Å². The van der Waals surface area contributed by atoms with Crippen LogP contribution in [0.25, 0.3) is 0 Å². The first-order chi connectivity index (χ1) is 7.53. The summed E-state index contributed by atoms with van der Waals surface area (Å²) < 4.78 is 25.5. The molecule has 1 aromatic rings. The van der Waals surface area contributed by atoms with Crippen LogP contribution in [-0.2, 0) is 22.9 Å². The van der Waals surface area contributed by atoms with Crippen LogP contribution in [0.15, 0.2) is 0 Å². The zero-order valence-corrected chi connectivity index (χ0v) is 10.4. The van der Waals surface area contributed by atoms with Crippen molar-refractivity contribution in [3.05, 3.63) is 10.6 Å². The number of nitrogens with zero attached hydrogens (tertiary/aromatic N) is 2. The number of aryl methyl sites for hydroxylation is 2. The molecule has 1 aromatic heterocycles. The molecule has 1 unspecified atom stereocenters. The van der Waals surface area contributed by atoms with E-state index in [1.165, 1.54) is 18.3 Å². The predicted molar refractivity (Wildman–Crippen MR) is 61.8 cm³/mol. The van der Waals surface area contributed by atoms with E-state index >= 15 is 0 Å². The van der Waals surface area contributed by atoms with Gasteiger partial charge in [-0.2, -0.15) is 5.26 Å². The molecule has 86 valence electrons. The molecule has 1 N–H and O–H groups in total. The predicted octanol–water partition coefficient (Wildman–Crippen LogP) is 1.29. The molecule has 1 heterocycles. The third kappa shape index (κ3) is 2.03. The summed E-state index contributed by atoms with van der Waals surface area (Å²) >= 11 is 1.37. The van der Waals surface area contributed by atoms with Crippen molar-refractivity contribution >= 4 is 26.5 Å². The number of hydrogen-bond acceptors (Lipinski definition) is 5. The molecule has 1 atom stereocenters. The number of nitriles is 1. The van der Waals surface area contributed by atoms with Crippen LogP contribution in [0.4, 0.5) is 5.13 Å². The van der Waals surface area contributed by atoms with E-state index in [1.54, 1.807) is 6.07 Å². The maximum Gasteiger partial charge on any atom is 0.250 e. The van der Waals surface area contributed by atoms with E-state index in [0.29, 0.717) is 5.13 Å². The molecule has 5 nitrogen and oxygen atoms in total. The second-order valence-electron chi connectivity index (χ2n) is 3.66. The molecule has 0 amide bonds. The monoisotopic (exact) mass is 257 g/mol. The number of nitrogens with one attached hydrogen (secondary N) is 1. The summed E-state index contributed by atoms with van der Waals surface area (Å²) in [6.07, 6.45) is 2.99. The molecule has 1 aliphatic rings. The summed E-state index contributed by atoms with van der Waals surface area (Å²) in [6.45, 7) is 1.35. The van der Waals surface area contributed by atoms with Gasteiger partial charge in [-0.3, -0.25) is 4.72 Å². The first-order valence-electron chi connectivity index (χ1n) is 4.93. The van der Waals surface area contributed by atoms with Gasteiger partial charge in [-0.25, -0.2) is 13.4 Å². The Hall–Kier alpha value is -1.13. The Kier molecular flexibility index (Phi) is 2.86. The van der Waals surface area contributed by atoms with Crippen molar-refractivity contribution in [1.82, 2.24) is 4.98 Å². The number of rotatable bonds is 3. The van der Waals surface area contributed by atoms with Crippen LogP contribution in [0.3, 0.4) is 0 Å². The van der Waals surface area contributed by atoms with Crippen LogP contribution in [0, 0.1) is 11.3 Å². The van der Waals surface area contributed by atoms with Crippen LogP contribution >= 0.6 is 11.3 Å². The lowest BCUT2D eigenvalue weighted by Gasteiger charge is -2.05. The molecule has 16 heavy (non-hydrogen) atoms. The van der Waals surface area contributed by atoms with E-state index in [2.05, 4.69) is 9.71 Å². The third-order valence-electron chi connectivity index (χ3n) is 2.47. The zero-order chi connectivity index (χ0) is 11.8. The number of hydrogen-bond donors (Lipinski definition) is 1. The second kappa shape index (κ2) is 4.03. The Morgan fingerprint density at radius 1 is 1.56 bits per heavy atom. The van der Waals surface area contributed by atoms with Crippen LogP contribution < -0.4 is 4.72 Å². The molecule has 0 saturated carbocycles. The van der Waals surface area contributed by atoms with Gasteiger partial charge in [-0.15, -0.1) is 11.3 Å². The fourth-order valence-corrected chi connectivity index (χ4v) is 3.53. The van der Waals surface area contributed by atoms with Gasteiger partial charge in [0, 0.05) is 4.88 Å². The lowest BCUT2D eigenvalue weighted by Crippen LogP contribution is -2.23. The molecule has 7 heteroatoms. The van der Waals surface area contributed by atoms with Gasteiger partial charge in [0.15, 0.2) is 10.4 Å². The van der Waals surface area contributed by atoms with Crippen molar-refractivity contribution in [3.63, 3.8) is 0 Å². The second-order valence-corrected chi connectivity index (χ2v) is 6.75. The average molecular weight is 257 g/mol. The quantitative estimate of drug-likeness (QED) is 0.884. The topological polar surface area (TPSA) is 82.8 Å². The fraction of sp³-hybridized carbons (Fsp3) is 0.556. The first-order valence-corrected chi connectivity index (χ1v) is 7.29. The van der Waals surface area contributed by atoms with Crippen LogP contribution in [0.2, 0.25) is 0 Å². The summed E-state index contributed by atoms with van der Waals surface area (Å²) in [7, 11) is -3.61. The smallest absolute Gasteiger partial charge is 0.250 e. The molecule has 0 bridgehead atoms. The standard InChI is InChI=1S/C9H11N3O2S2/c1-6(5-10)16(13,14)12-9-11-7-3-2-4-8(7)15-9/h6H,2-4H2,1H3,(H,11,12). The van der Waals surface area contributed by atoms with Gasteiger partial charge in [-0.1, -0.05) is 0 Å². The van der Waals surface area contributed by atoms with E-state index in [9.17, 15) is 8.42 Å². The number of aromatic nitrogens is 1. The molecule has 1 aliphatic carbocycles. The maximum absolute atomic E-state index is 11.6. The third-order valence-corrected chi connectivity index (χ3v) is 5.19. The summed E-state index contributed by atoms with van der Waals surface area (Å²) in [5.41, 5.74) is 0.993. The van der Waals surface area contributed by atoms with Crippen molar-refractivity contribution in [2.75, 3.05) is 4.72 Å². The van der Waals surface area contributed by atoms with Gasteiger partial charge in [0.25, 0.3) is 10.0 Å². The Morgan fingerprint density at radius 3 is 2.94 bits per heavy atom. The van der Waals surface area contributed by atoms with Gasteiger partial charge in [-0.05, 0) is 26.2 Å². The molecule has 0 spiro atoms. The Bertz CT molecular complexity index is 520. The van der Waals surface area contributed by atoms with E-state index in [-0.39, 0.29) is 0 Å². The highest BCUT2D eigenvalue weighted by Gasteiger charge is 2.23. The van der Waals surface area contributed by atoms with Crippen molar-refractivity contribution in [1.29, 1.82) is 5.26 Å². The van der Waals surface area contributed by atoms with E-state index in [1.807, 2.05) is 0 Å². The molecule has 0 radical (unpaired) electrons. The highest BCUT2D eigenvalue weighted by atomic mass is 32.2. The van der Waals surface area contributed by atoms with Crippen molar-refractivity contribution in [3.8, 4) is 6.07 Å². The minimum absolute atomic E-state index is 0.381. The Balaban J connectivity index is 2.19. The maximum atomic E-state index is 11.6. The number of fused-ring (bicyclic) bond motifs is 1. The van der Waals surface area contributed by atoms with Gasteiger partial charge in [0.1, 0.15) is 0 Å². The normalized spacial score (nSPS) is 16.5. The highest BCUT2D eigenvalue weighted by Crippen LogP contribution is 2.31. The van der Waals surface area contributed by atoms with Gasteiger partial charge >= 0.3 is 0 Å². The summed E-state index contributed by atoms with van der Waals surface area (Å²) in [4.78, 5) is 5.37. The molecular formula is C9H11N3O2S2. The van der Waals surface area contributed by atoms with Crippen molar-refractivity contribution in [2.45, 2.75) is 31.4 Å². The van der Waals surface area contributed by atoms with Crippen LogP contribution in [0.1, 0.15) is 23.9 Å². The van der Waals surface area contributed by atoms with Gasteiger partial charge < -0.3 is 0 Å². The average Bonchev–Trinajstić information content (AvgIpc) is 2.75. The number of sulfonamides is 1. The van der Waals surface area contributed by atoms with Crippen molar-refractivity contribution < 1.29 is 8.42 Å². The Morgan fingerprint density at radius 2 is 2.31 bits per heavy atom.